The van der Waals surface area contributed by atoms with Crippen LogP contribution in [0.2, 0.25) is 0 Å². The minimum absolute atomic E-state index is 0.180. The van der Waals surface area contributed by atoms with Crippen molar-refractivity contribution in [1.82, 2.24) is 4.90 Å². The Morgan fingerprint density at radius 1 is 1.17 bits per heavy atom. The van der Waals surface area contributed by atoms with Gasteiger partial charge in [-0.05, 0) is 56.4 Å². The fourth-order valence-corrected chi connectivity index (χ4v) is 3.33. The van der Waals surface area contributed by atoms with Crippen molar-refractivity contribution in [2.45, 2.75) is 51.7 Å². The van der Waals surface area contributed by atoms with Crippen molar-refractivity contribution in [2.24, 2.45) is 0 Å². The molecule has 1 fully saturated rings. The molecule has 3 rings (SSSR count). The molecule has 2 aromatic carbocycles. The summed E-state index contributed by atoms with van der Waals surface area (Å²) in [6, 6.07) is 15.1. The van der Waals surface area contributed by atoms with Crippen molar-refractivity contribution >= 4 is 16.9 Å². The van der Waals surface area contributed by atoms with Crippen LogP contribution in [0.1, 0.15) is 39.2 Å². The highest BCUT2D eigenvalue weighted by atomic mass is 16.6. The number of benzene rings is 2. The zero-order valence-electron chi connectivity index (χ0n) is 14.2. The molecule has 0 saturated carbocycles. The van der Waals surface area contributed by atoms with Crippen molar-refractivity contribution in [3.8, 4) is 0 Å². The molecule has 3 heteroatoms. The Kier molecular flexibility index (Phi) is 4.29. The van der Waals surface area contributed by atoms with E-state index in [1.807, 2.05) is 25.7 Å². The average molecular weight is 311 g/mol. The van der Waals surface area contributed by atoms with E-state index in [0.29, 0.717) is 0 Å². The zero-order chi connectivity index (χ0) is 16.4. The van der Waals surface area contributed by atoms with Crippen LogP contribution in [-0.4, -0.2) is 29.2 Å². The lowest BCUT2D eigenvalue weighted by atomic mass is 9.98. The summed E-state index contributed by atoms with van der Waals surface area (Å²) in [4.78, 5) is 14.3. The minimum Gasteiger partial charge on any atom is -0.444 e. The first-order valence-corrected chi connectivity index (χ1v) is 8.40. The molecule has 1 atom stereocenters. The molecule has 1 aliphatic rings. The van der Waals surface area contributed by atoms with Gasteiger partial charge in [-0.1, -0.05) is 42.5 Å². The molecule has 122 valence electrons. The molecule has 1 heterocycles. The fourth-order valence-electron chi connectivity index (χ4n) is 3.33. The third kappa shape index (κ3) is 3.66. The van der Waals surface area contributed by atoms with Crippen molar-refractivity contribution in [1.29, 1.82) is 0 Å². The van der Waals surface area contributed by atoms with E-state index in [0.717, 1.165) is 25.8 Å². The maximum Gasteiger partial charge on any atom is 0.410 e. The molecule has 0 bridgehead atoms. The third-order valence-electron chi connectivity index (χ3n) is 4.34. The van der Waals surface area contributed by atoms with Crippen LogP contribution >= 0.6 is 0 Å². The standard InChI is InChI=1S/C20H25NO2/c1-20(2,3)23-19(22)21-13-7-11-17(21)14-16-10-6-9-15-8-4-5-12-18(15)16/h4-6,8-10,12,17H,7,11,13-14H2,1-3H3. The maximum absolute atomic E-state index is 12.4. The smallest absolute Gasteiger partial charge is 0.410 e. The fraction of sp³-hybridized carbons (Fsp3) is 0.450. The number of rotatable bonds is 2. The van der Waals surface area contributed by atoms with E-state index in [1.165, 1.54) is 16.3 Å². The maximum atomic E-state index is 12.4. The Morgan fingerprint density at radius 3 is 2.70 bits per heavy atom. The van der Waals surface area contributed by atoms with Crippen LogP contribution in [0, 0.1) is 0 Å². The van der Waals surface area contributed by atoms with Crippen LogP contribution in [0.15, 0.2) is 42.5 Å². The minimum atomic E-state index is -0.441. The van der Waals surface area contributed by atoms with Crippen LogP contribution in [-0.2, 0) is 11.2 Å². The molecule has 0 aromatic heterocycles. The van der Waals surface area contributed by atoms with Crippen molar-refractivity contribution in [3.63, 3.8) is 0 Å². The van der Waals surface area contributed by atoms with Crippen LogP contribution < -0.4 is 0 Å². The van der Waals surface area contributed by atoms with Gasteiger partial charge in [-0.3, -0.25) is 0 Å². The Bertz CT molecular complexity index is 697. The summed E-state index contributed by atoms with van der Waals surface area (Å²) >= 11 is 0. The normalized spacial score (nSPS) is 18.4. The summed E-state index contributed by atoms with van der Waals surface area (Å²) in [5.74, 6) is 0. The molecule has 0 aliphatic carbocycles. The Balaban J connectivity index is 1.79. The molecule has 2 aromatic rings. The average Bonchev–Trinajstić information content (AvgIpc) is 2.94. The van der Waals surface area contributed by atoms with Gasteiger partial charge in [-0.25, -0.2) is 4.79 Å². The molecule has 0 radical (unpaired) electrons. The lowest BCUT2D eigenvalue weighted by Crippen LogP contribution is -2.40. The first-order valence-electron chi connectivity index (χ1n) is 8.40. The highest BCUT2D eigenvalue weighted by Gasteiger charge is 2.32. The lowest BCUT2D eigenvalue weighted by molar-refractivity contribution is 0.0227. The van der Waals surface area contributed by atoms with Gasteiger partial charge in [0, 0.05) is 12.6 Å². The van der Waals surface area contributed by atoms with Crippen LogP contribution in [0.4, 0.5) is 4.79 Å². The van der Waals surface area contributed by atoms with Gasteiger partial charge in [0.2, 0.25) is 0 Å². The van der Waals surface area contributed by atoms with Crippen molar-refractivity contribution < 1.29 is 9.53 Å². The molecule has 0 spiro atoms. The largest absolute Gasteiger partial charge is 0.444 e. The summed E-state index contributed by atoms with van der Waals surface area (Å²) in [6.07, 6.45) is 2.80. The number of likely N-dealkylation sites (tertiary alicyclic amines) is 1. The van der Waals surface area contributed by atoms with E-state index < -0.39 is 5.60 Å². The quantitative estimate of drug-likeness (QED) is 0.798. The van der Waals surface area contributed by atoms with Crippen LogP contribution in [0.5, 0.6) is 0 Å². The number of ether oxygens (including phenoxy) is 1. The lowest BCUT2D eigenvalue weighted by Gasteiger charge is -2.29. The van der Waals surface area contributed by atoms with E-state index in [4.69, 9.17) is 4.74 Å². The molecule has 0 N–H and O–H groups in total. The summed E-state index contributed by atoms with van der Waals surface area (Å²) in [6.45, 7) is 6.55. The predicted octanol–water partition coefficient (Wildman–Crippen LogP) is 4.78. The summed E-state index contributed by atoms with van der Waals surface area (Å²) in [7, 11) is 0. The molecular formula is C20H25NO2. The summed E-state index contributed by atoms with van der Waals surface area (Å²) in [5.41, 5.74) is 0.868. The second-order valence-corrected chi connectivity index (χ2v) is 7.31. The monoisotopic (exact) mass is 311 g/mol. The number of carbonyl (C=O) groups excluding carboxylic acids is 1. The SMILES string of the molecule is CC(C)(C)OC(=O)N1CCCC1Cc1cccc2ccccc12. The first-order chi connectivity index (χ1) is 10.9. The second-order valence-electron chi connectivity index (χ2n) is 7.31. The number of fused-ring (bicyclic) bond motifs is 1. The van der Waals surface area contributed by atoms with E-state index in [2.05, 4.69) is 42.5 Å². The second kappa shape index (κ2) is 6.23. The van der Waals surface area contributed by atoms with E-state index in [1.54, 1.807) is 0 Å². The first kappa shape index (κ1) is 15.9. The number of carbonyl (C=O) groups is 1. The highest BCUT2D eigenvalue weighted by molar-refractivity contribution is 5.85. The highest BCUT2D eigenvalue weighted by Crippen LogP contribution is 2.27. The molecule has 1 aliphatic heterocycles. The number of amides is 1. The predicted molar refractivity (Wildman–Crippen MR) is 93.6 cm³/mol. The molecule has 1 saturated heterocycles. The van der Waals surface area contributed by atoms with Gasteiger partial charge in [0.1, 0.15) is 5.60 Å². The summed E-state index contributed by atoms with van der Waals surface area (Å²) in [5, 5.41) is 2.54. The van der Waals surface area contributed by atoms with Gasteiger partial charge in [-0.2, -0.15) is 0 Å². The number of hydrogen-bond acceptors (Lipinski definition) is 2. The van der Waals surface area contributed by atoms with Gasteiger partial charge >= 0.3 is 6.09 Å². The molecular weight excluding hydrogens is 286 g/mol. The van der Waals surface area contributed by atoms with E-state index in [-0.39, 0.29) is 12.1 Å². The molecule has 23 heavy (non-hydrogen) atoms. The topological polar surface area (TPSA) is 29.5 Å². The van der Waals surface area contributed by atoms with Gasteiger partial charge in [0.05, 0.1) is 0 Å². The molecule has 1 unspecified atom stereocenters. The summed E-state index contributed by atoms with van der Waals surface area (Å²) < 4.78 is 5.56. The van der Waals surface area contributed by atoms with Crippen molar-refractivity contribution in [2.75, 3.05) is 6.54 Å². The Hall–Kier alpha value is -2.03. The number of hydrogen-bond donors (Lipinski definition) is 0. The van der Waals surface area contributed by atoms with Crippen LogP contribution in [0.3, 0.4) is 0 Å². The van der Waals surface area contributed by atoms with E-state index in [9.17, 15) is 4.79 Å². The van der Waals surface area contributed by atoms with Crippen molar-refractivity contribution in [3.05, 3.63) is 48.0 Å². The zero-order valence-corrected chi connectivity index (χ0v) is 14.2. The van der Waals surface area contributed by atoms with Gasteiger partial charge in [0.15, 0.2) is 0 Å². The van der Waals surface area contributed by atoms with Gasteiger partial charge in [0.25, 0.3) is 0 Å². The van der Waals surface area contributed by atoms with Gasteiger partial charge in [-0.15, -0.1) is 0 Å². The Morgan fingerprint density at radius 2 is 1.91 bits per heavy atom. The Labute approximate surface area is 138 Å². The molecule has 3 nitrogen and oxygen atoms in total. The van der Waals surface area contributed by atoms with E-state index >= 15 is 0 Å². The van der Waals surface area contributed by atoms with Crippen LogP contribution in [0.25, 0.3) is 10.8 Å². The van der Waals surface area contributed by atoms with Gasteiger partial charge < -0.3 is 9.64 Å². The molecule has 1 amide bonds. The number of nitrogens with zero attached hydrogens (tertiary/aromatic N) is 1. The third-order valence-corrected chi connectivity index (χ3v) is 4.34.